The molecule has 0 aliphatic rings. The average Bonchev–Trinajstić information content (AvgIpc) is 2.46. The van der Waals surface area contributed by atoms with Gasteiger partial charge in [0.15, 0.2) is 11.6 Å². The first-order chi connectivity index (χ1) is 9.65. The van der Waals surface area contributed by atoms with E-state index in [-0.39, 0.29) is 24.6 Å². The first kappa shape index (κ1) is 13.9. The van der Waals surface area contributed by atoms with Crippen LogP contribution in [0.1, 0.15) is 23.0 Å². The SMILES string of the molecule is CC(=O)COc1cccc(CC(=O)c2ccccc2)n1. The zero-order chi connectivity index (χ0) is 14.4. The predicted molar refractivity (Wildman–Crippen MR) is 74.9 cm³/mol. The maximum absolute atomic E-state index is 12.1. The van der Waals surface area contributed by atoms with Gasteiger partial charge in [-0.15, -0.1) is 0 Å². The van der Waals surface area contributed by atoms with Crippen molar-refractivity contribution in [2.45, 2.75) is 13.3 Å². The van der Waals surface area contributed by atoms with E-state index < -0.39 is 0 Å². The van der Waals surface area contributed by atoms with Gasteiger partial charge in [-0.2, -0.15) is 0 Å². The Hall–Kier alpha value is -2.49. The van der Waals surface area contributed by atoms with E-state index in [1.807, 2.05) is 18.2 Å². The van der Waals surface area contributed by atoms with Gasteiger partial charge in [0.1, 0.15) is 6.61 Å². The molecule has 102 valence electrons. The van der Waals surface area contributed by atoms with Gasteiger partial charge in [0.25, 0.3) is 0 Å². The van der Waals surface area contributed by atoms with E-state index in [0.717, 1.165) is 0 Å². The van der Waals surface area contributed by atoms with E-state index in [4.69, 9.17) is 4.74 Å². The predicted octanol–water partition coefficient (Wildman–Crippen LogP) is 2.47. The lowest BCUT2D eigenvalue weighted by Gasteiger charge is -2.05. The number of rotatable bonds is 6. The fourth-order valence-corrected chi connectivity index (χ4v) is 1.70. The molecular formula is C16H15NO3. The summed E-state index contributed by atoms with van der Waals surface area (Å²) in [6.07, 6.45) is 0.210. The zero-order valence-corrected chi connectivity index (χ0v) is 11.2. The number of benzene rings is 1. The van der Waals surface area contributed by atoms with E-state index in [2.05, 4.69) is 4.98 Å². The molecule has 2 aromatic rings. The molecule has 0 radical (unpaired) electrons. The highest BCUT2D eigenvalue weighted by molar-refractivity contribution is 5.97. The normalized spacial score (nSPS) is 10.1. The third kappa shape index (κ3) is 4.02. The van der Waals surface area contributed by atoms with Gasteiger partial charge >= 0.3 is 0 Å². The Bertz CT molecular complexity index is 608. The van der Waals surface area contributed by atoms with Crippen molar-refractivity contribution in [3.63, 3.8) is 0 Å². The van der Waals surface area contributed by atoms with Crippen molar-refractivity contribution in [3.8, 4) is 5.88 Å². The highest BCUT2D eigenvalue weighted by atomic mass is 16.5. The van der Waals surface area contributed by atoms with Crippen LogP contribution in [0.4, 0.5) is 0 Å². The lowest BCUT2D eigenvalue weighted by atomic mass is 10.1. The summed E-state index contributed by atoms with van der Waals surface area (Å²) in [6.45, 7) is 1.44. The molecule has 0 aliphatic heterocycles. The molecule has 4 heteroatoms. The highest BCUT2D eigenvalue weighted by Crippen LogP contribution is 2.10. The quantitative estimate of drug-likeness (QED) is 0.756. The Morgan fingerprint density at radius 1 is 1.05 bits per heavy atom. The van der Waals surface area contributed by atoms with Crippen LogP contribution in [0, 0.1) is 0 Å². The number of hydrogen-bond donors (Lipinski definition) is 0. The monoisotopic (exact) mass is 269 g/mol. The lowest BCUT2D eigenvalue weighted by molar-refractivity contribution is -0.119. The Morgan fingerprint density at radius 2 is 1.80 bits per heavy atom. The van der Waals surface area contributed by atoms with Crippen LogP contribution in [0.25, 0.3) is 0 Å². The van der Waals surface area contributed by atoms with Crippen LogP contribution in [0.5, 0.6) is 5.88 Å². The van der Waals surface area contributed by atoms with Crippen molar-refractivity contribution < 1.29 is 14.3 Å². The van der Waals surface area contributed by atoms with Crippen LogP contribution in [0.2, 0.25) is 0 Å². The molecule has 0 unspecified atom stereocenters. The fraction of sp³-hybridized carbons (Fsp3) is 0.188. The number of aromatic nitrogens is 1. The number of hydrogen-bond acceptors (Lipinski definition) is 4. The molecule has 2 rings (SSSR count). The van der Waals surface area contributed by atoms with Crippen LogP contribution < -0.4 is 4.74 Å². The number of carbonyl (C=O) groups is 2. The highest BCUT2D eigenvalue weighted by Gasteiger charge is 2.08. The maximum atomic E-state index is 12.1. The van der Waals surface area contributed by atoms with Gasteiger partial charge in [-0.25, -0.2) is 4.98 Å². The summed E-state index contributed by atoms with van der Waals surface area (Å²) < 4.78 is 5.22. The van der Waals surface area contributed by atoms with Crippen molar-refractivity contribution in [3.05, 3.63) is 59.8 Å². The van der Waals surface area contributed by atoms with Crippen LogP contribution in [0.15, 0.2) is 48.5 Å². The summed E-state index contributed by atoms with van der Waals surface area (Å²) in [7, 11) is 0. The molecule has 0 amide bonds. The third-order valence-corrected chi connectivity index (χ3v) is 2.64. The molecule has 0 N–H and O–H groups in total. The van der Waals surface area contributed by atoms with Crippen molar-refractivity contribution >= 4 is 11.6 Å². The van der Waals surface area contributed by atoms with Gasteiger partial charge in [-0.3, -0.25) is 9.59 Å². The summed E-state index contributed by atoms with van der Waals surface area (Å²) in [6, 6.07) is 14.3. The molecule has 20 heavy (non-hydrogen) atoms. The number of nitrogens with zero attached hydrogens (tertiary/aromatic N) is 1. The minimum Gasteiger partial charge on any atom is -0.470 e. The molecule has 4 nitrogen and oxygen atoms in total. The summed E-state index contributed by atoms with van der Waals surface area (Å²) in [5.41, 5.74) is 1.28. The topological polar surface area (TPSA) is 56.3 Å². The van der Waals surface area contributed by atoms with Crippen LogP contribution in [-0.4, -0.2) is 23.2 Å². The molecule has 1 aromatic carbocycles. The third-order valence-electron chi connectivity index (χ3n) is 2.64. The number of Topliss-reactive ketones (excluding diaryl/α,β-unsaturated/α-hetero) is 2. The fourth-order valence-electron chi connectivity index (χ4n) is 1.70. The molecule has 0 fully saturated rings. The molecule has 0 saturated heterocycles. The number of pyridine rings is 1. The summed E-state index contributed by atoms with van der Waals surface area (Å²) in [4.78, 5) is 27.1. The Morgan fingerprint density at radius 3 is 2.50 bits per heavy atom. The van der Waals surface area contributed by atoms with E-state index in [9.17, 15) is 9.59 Å². The minimum absolute atomic E-state index is 0.00168. The largest absolute Gasteiger partial charge is 0.470 e. The molecule has 0 atom stereocenters. The molecule has 0 aliphatic carbocycles. The van der Waals surface area contributed by atoms with Gasteiger partial charge in [0, 0.05) is 11.6 Å². The van der Waals surface area contributed by atoms with E-state index in [0.29, 0.717) is 17.1 Å². The second-order valence-electron chi connectivity index (χ2n) is 4.42. The van der Waals surface area contributed by atoms with E-state index >= 15 is 0 Å². The van der Waals surface area contributed by atoms with Crippen LogP contribution in [-0.2, 0) is 11.2 Å². The molecule has 1 heterocycles. The molecule has 0 spiro atoms. The smallest absolute Gasteiger partial charge is 0.213 e. The lowest BCUT2D eigenvalue weighted by Crippen LogP contribution is -2.09. The average molecular weight is 269 g/mol. The minimum atomic E-state index is -0.0717. The van der Waals surface area contributed by atoms with Gasteiger partial charge in [0.2, 0.25) is 5.88 Å². The van der Waals surface area contributed by atoms with Gasteiger partial charge in [0.05, 0.1) is 12.1 Å². The standard InChI is InChI=1S/C16H15NO3/c1-12(18)11-20-16-9-5-8-14(17-16)10-15(19)13-6-3-2-4-7-13/h2-9H,10-11H2,1H3. The summed E-state index contributed by atoms with van der Waals surface area (Å²) >= 11 is 0. The molecular weight excluding hydrogens is 254 g/mol. The first-order valence-corrected chi connectivity index (χ1v) is 6.31. The molecule has 0 saturated carbocycles. The number of ether oxygens (including phenoxy) is 1. The van der Waals surface area contributed by atoms with Crippen molar-refractivity contribution in [1.82, 2.24) is 4.98 Å². The molecule has 1 aromatic heterocycles. The van der Waals surface area contributed by atoms with Crippen molar-refractivity contribution in [1.29, 1.82) is 0 Å². The Balaban J connectivity index is 2.04. The van der Waals surface area contributed by atoms with Gasteiger partial charge in [-0.1, -0.05) is 36.4 Å². The van der Waals surface area contributed by atoms with Gasteiger partial charge < -0.3 is 4.74 Å². The molecule has 0 bridgehead atoms. The zero-order valence-electron chi connectivity index (χ0n) is 11.2. The van der Waals surface area contributed by atoms with Gasteiger partial charge in [-0.05, 0) is 13.0 Å². The number of carbonyl (C=O) groups excluding carboxylic acids is 2. The second-order valence-corrected chi connectivity index (χ2v) is 4.42. The number of ketones is 2. The van der Waals surface area contributed by atoms with E-state index in [1.165, 1.54) is 6.92 Å². The Kier molecular flexibility index (Phi) is 4.60. The van der Waals surface area contributed by atoms with Crippen molar-refractivity contribution in [2.24, 2.45) is 0 Å². The Labute approximate surface area is 117 Å². The van der Waals surface area contributed by atoms with E-state index in [1.54, 1.807) is 30.3 Å². The second kappa shape index (κ2) is 6.61. The van der Waals surface area contributed by atoms with Crippen molar-refractivity contribution in [2.75, 3.05) is 6.61 Å². The van der Waals surface area contributed by atoms with Crippen LogP contribution in [0.3, 0.4) is 0 Å². The maximum Gasteiger partial charge on any atom is 0.213 e. The summed E-state index contributed by atoms with van der Waals surface area (Å²) in [5, 5.41) is 0. The summed E-state index contributed by atoms with van der Waals surface area (Å²) in [5.74, 6) is 0.290. The first-order valence-electron chi connectivity index (χ1n) is 6.31. The van der Waals surface area contributed by atoms with Crippen LogP contribution >= 0.6 is 0 Å².